The van der Waals surface area contributed by atoms with Gasteiger partial charge in [0.25, 0.3) is 5.69 Å². The molecule has 1 amide bonds. The van der Waals surface area contributed by atoms with Crippen molar-refractivity contribution in [3.8, 4) is 5.88 Å². The van der Waals surface area contributed by atoms with Crippen molar-refractivity contribution in [2.24, 2.45) is 0 Å². The molecular formula is C23H27N5O4. The lowest BCUT2D eigenvalue weighted by Gasteiger charge is -2.34. The quantitative estimate of drug-likeness (QED) is 0.387. The van der Waals surface area contributed by atoms with Gasteiger partial charge in [0.1, 0.15) is 6.10 Å². The highest BCUT2D eigenvalue weighted by atomic mass is 16.6. The first-order chi connectivity index (χ1) is 15.6. The fourth-order valence-corrected chi connectivity index (χ4v) is 4.03. The summed E-state index contributed by atoms with van der Waals surface area (Å²) in [5.74, 6) is 1.28. The first-order valence-corrected chi connectivity index (χ1v) is 11.1. The van der Waals surface area contributed by atoms with Crippen molar-refractivity contribution in [1.29, 1.82) is 0 Å². The molecule has 0 bridgehead atoms. The number of anilines is 1. The molecule has 168 valence electrons. The van der Waals surface area contributed by atoms with Crippen LogP contribution >= 0.6 is 0 Å². The number of benzene rings is 1. The number of non-ortho nitro benzene ring substituents is 1. The first kappa shape index (κ1) is 21.7. The number of aromatic nitrogens is 2. The van der Waals surface area contributed by atoms with Gasteiger partial charge in [-0.2, -0.15) is 0 Å². The number of carbonyl (C=O) groups excluding carboxylic acids is 1. The summed E-state index contributed by atoms with van der Waals surface area (Å²) in [4.78, 5) is 26.7. The summed E-state index contributed by atoms with van der Waals surface area (Å²) in [6, 6.07) is 9.91. The molecule has 1 saturated heterocycles. The minimum absolute atomic E-state index is 0.0290. The number of carbonyl (C=O) groups is 1. The van der Waals surface area contributed by atoms with Crippen LogP contribution in [-0.2, 0) is 4.79 Å². The molecule has 1 saturated carbocycles. The molecule has 9 heteroatoms. The van der Waals surface area contributed by atoms with Gasteiger partial charge in [0.05, 0.1) is 4.92 Å². The van der Waals surface area contributed by atoms with Crippen LogP contribution in [0.15, 0.2) is 42.5 Å². The fraction of sp³-hybridized carbons (Fsp3) is 0.435. The highest BCUT2D eigenvalue weighted by Gasteiger charge is 2.21. The summed E-state index contributed by atoms with van der Waals surface area (Å²) in [6.07, 6.45) is 9.30. The van der Waals surface area contributed by atoms with E-state index in [1.54, 1.807) is 23.1 Å². The third-order valence-corrected chi connectivity index (χ3v) is 5.90. The van der Waals surface area contributed by atoms with E-state index in [1.165, 1.54) is 37.5 Å². The van der Waals surface area contributed by atoms with Gasteiger partial charge in [-0.25, -0.2) is 0 Å². The van der Waals surface area contributed by atoms with Crippen molar-refractivity contribution in [3.63, 3.8) is 0 Å². The van der Waals surface area contributed by atoms with Crippen LogP contribution in [0.4, 0.5) is 11.5 Å². The van der Waals surface area contributed by atoms with Gasteiger partial charge in [-0.1, -0.05) is 6.42 Å². The maximum Gasteiger partial charge on any atom is 0.269 e. The van der Waals surface area contributed by atoms with E-state index in [9.17, 15) is 14.9 Å². The van der Waals surface area contributed by atoms with E-state index in [2.05, 4.69) is 15.1 Å². The lowest BCUT2D eigenvalue weighted by Crippen LogP contribution is -2.48. The van der Waals surface area contributed by atoms with Crippen molar-refractivity contribution in [3.05, 3.63) is 58.2 Å². The van der Waals surface area contributed by atoms with E-state index in [4.69, 9.17) is 4.74 Å². The minimum atomic E-state index is -0.445. The number of nitro groups is 1. The normalized spacial score (nSPS) is 17.5. The molecule has 1 aliphatic heterocycles. The zero-order valence-electron chi connectivity index (χ0n) is 17.9. The molecule has 2 aromatic rings. The van der Waals surface area contributed by atoms with E-state index >= 15 is 0 Å². The van der Waals surface area contributed by atoms with Crippen LogP contribution in [0.2, 0.25) is 0 Å². The van der Waals surface area contributed by atoms with E-state index in [1.807, 2.05) is 12.1 Å². The van der Waals surface area contributed by atoms with E-state index < -0.39 is 4.92 Å². The molecule has 0 N–H and O–H groups in total. The number of piperazine rings is 1. The van der Waals surface area contributed by atoms with Crippen molar-refractivity contribution in [2.45, 2.75) is 38.2 Å². The average Bonchev–Trinajstić information content (AvgIpc) is 2.84. The zero-order valence-corrected chi connectivity index (χ0v) is 17.9. The Morgan fingerprint density at radius 3 is 2.34 bits per heavy atom. The van der Waals surface area contributed by atoms with Crippen LogP contribution in [-0.4, -0.2) is 58.2 Å². The Labute approximate surface area is 186 Å². The third-order valence-electron chi connectivity index (χ3n) is 5.90. The molecule has 32 heavy (non-hydrogen) atoms. The Kier molecular flexibility index (Phi) is 6.94. The lowest BCUT2D eigenvalue weighted by molar-refractivity contribution is -0.384. The van der Waals surface area contributed by atoms with Gasteiger partial charge in [0.15, 0.2) is 5.82 Å². The standard InChI is InChI=1S/C23H27N5O4/c29-23(13-8-18-6-9-19(10-7-18)28(30)31)27-16-14-26(15-17-27)21-11-12-22(25-24-21)32-20-4-2-1-3-5-20/h6-13,20H,1-5,14-17H2/b13-8+. The predicted molar refractivity (Wildman–Crippen MR) is 120 cm³/mol. The van der Waals surface area contributed by atoms with Crippen molar-refractivity contribution >= 4 is 23.5 Å². The second-order valence-electron chi connectivity index (χ2n) is 8.10. The monoisotopic (exact) mass is 437 g/mol. The van der Waals surface area contributed by atoms with Crippen LogP contribution in [0, 0.1) is 10.1 Å². The Balaban J connectivity index is 1.26. The maximum atomic E-state index is 12.5. The Bertz CT molecular complexity index is 947. The molecular weight excluding hydrogens is 410 g/mol. The largest absolute Gasteiger partial charge is 0.473 e. The zero-order chi connectivity index (χ0) is 22.3. The molecule has 0 spiro atoms. The second kappa shape index (κ2) is 10.2. The average molecular weight is 438 g/mol. The van der Waals surface area contributed by atoms with Gasteiger partial charge < -0.3 is 14.5 Å². The molecule has 2 heterocycles. The predicted octanol–water partition coefficient (Wildman–Crippen LogP) is 3.46. The van der Waals surface area contributed by atoms with Crippen molar-refractivity contribution < 1.29 is 14.5 Å². The van der Waals surface area contributed by atoms with E-state index in [0.29, 0.717) is 32.1 Å². The summed E-state index contributed by atoms with van der Waals surface area (Å²) in [5, 5.41) is 19.3. The maximum absolute atomic E-state index is 12.5. The van der Waals surface area contributed by atoms with Crippen molar-refractivity contribution in [2.75, 3.05) is 31.1 Å². The van der Waals surface area contributed by atoms with Gasteiger partial charge >= 0.3 is 0 Å². The highest BCUT2D eigenvalue weighted by molar-refractivity contribution is 5.92. The molecule has 2 aliphatic rings. The second-order valence-corrected chi connectivity index (χ2v) is 8.10. The number of ether oxygens (including phenoxy) is 1. The van der Waals surface area contributed by atoms with Gasteiger partial charge in [0.2, 0.25) is 11.8 Å². The van der Waals surface area contributed by atoms with E-state index in [-0.39, 0.29) is 17.7 Å². The van der Waals surface area contributed by atoms with Crippen LogP contribution in [0.1, 0.15) is 37.7 Å². The van der Waals surface area contributed by atoms with Gasteiger partial charge in [-0.15, -0.1) is 10.2 Å². The van der Waals surface area contributed by atoms with Crippen LogP contribution in [0.3, 0.4) is 0 Å². The molecule has 0 unspecified atom stereocenters. The van der Waals surface area contributed by atoms with Gasteiger partial charge in [-0.05, 0) is 55.5 Å². The Morgan fingerprint density at radius 2 is 1.72 bits per heavy atom. The van der Waals surface area contributed by atoms with Crippen LogP contribution < -0.4 is 9.64 Å². The molecule has 0 atom stereocenters. The summed E-state index contributed by atoms with van der Waals surface area (Å²) in [6.45, 7) is 2.53. The number of hydrogen-bond donors (Lipinski definition) is 0. The molecule has 4 rings (SSSR count). The topological polar surface area (TPSA) is 102 Å². The smallest absolute Gasteiger partial charge is 0.269 e. The molecule has 1 aromatic carbocycles. The molecule has 9 nitrogen and oxygen atoms in total. The van der Waals surface area contributed by atoms with Gasteiger partial charge in [0, 0.05) is 50.5 Å². The minimum Gasteiger partial charge on any atom is -0.473 e. The number of nitrogens with zero attached hydrogens (tertiary/aromatic N) is 5. The summed E-state index contributed by atoms with van der Waals surface area (Å²) < 4.78 is 5.94. The van der Waals surface area contributed by atoms with Crippen molar-refractivity contribution in [1.82, 2.24) is 15.1 Å². The highest BCUT2D eigenvalue weighted by Crippen LogP contribution is 2.23. The Morgan fingerprint density at radius 1 is 1.00 bits per heavy atom. The third kappa shape index (κ3) is 5.60. The number of amides is 1. The summed E-state index contributed by atoms with van der Waals surface area (Å²) >= 11 is 0. The number of hydrogen-bond acceptors (Lipinski definition) is 7. The Hall–Kier alpha value is -3.49. The van der Waals surface area contributed by atoms with Gasteiger partial charge in [-0.3, -0.25) is 14.9 Å². The summed E-state index contributed by atoms with van der Waals surface area (Å²) in [7, 11) is 0. The SMILES string of the molecule is O=C(/C=C/c1ccc([N+](=O)[O-])cc1)N1CCN(c2ccc(OC3CCCCC3)nn2)CC1. The fourth-order valence-electron chi connectivity index (χ4n) is 4.03. The molecule has 1 aliphatic carbocycles. The van der Waals surface area contributed by atoms with Crippen LogP contribution in [0.25, 0.3) is 6.08 Å². The molecule has 2 fully saturated rings. The number of nitro benzene ring substituents is 1. The van der Waals surface area contributed by atoms with Crippen LogP contribution in [0.5, 0.6) is 5.88 Å². The molecule has 0 radical (unpaired) electrons. The lowest BCUT2D eigenvalue weighted by atomic mass is 9.98. The summed E-state index contributed by atoms with van der Waals surface area (Å²) in [5.41, 5.74) is 0.773. The van der Waals surface area contributed by atoms with E-state index in [0.717, 1.165) is 24.2 Å². The first-order valence-electron chi connectivity index (χ1n) is 11.1. The number of rotatable bonds is 6. The molecule has 1 aromatic heterocycles.